The smallest absolute Gasteiger partial charge is 0.348 e. The maximum absolute atomic E-state index is 13.1. The van der Waals surface area contributed by atoms with E-state index in [2.05, 4.69) is 10.4 Å². The third kappa shape index (κ3) is 3.74. The van der Waals surface area contributed by atoms with Crippen molar-refractivity contribution >= 4 is 5.91 Å². The zero-order chi connectivity index (χ0) is 18.7. The maximum Gasteiger partial charge on any atom is 0.351 e. The van der Waals surface area contributed by atoms with Gasteiger partial charge in [0.15, 0.2) is 0 Å². The molecule has 0 radical (unpaired) electrons. The van der Waals surface area contributed by atoms with Crippen LogP contribution in [-0.2, 0) is 7.05 Å². The average Bonchev–Trinajstić information content (AvgIpc) is 2.89. The Morgan fingerprint density at radius 3 is 2.35 bits per heavy atom. The summed E-state index contributed by atoms with van der Waals surface area (Å²) in [6.07, 6.45) is 6.08. The fourth-order valence-electron chi connectivity index (χ4n) is 3.14. The van der Waals surface area contributed by atoms with Crippen LogP contribution in [-0.4, -0.2) is 26.3 Å². The third-order valence-corrected chi connectivity index (χ3v) is 4.65. The number of amides is 1. The molecule has 7 nitrogen and oxygen atoms in total. The van der Waals surface area contributed by atoms with Crippen LogP contribution in [0.4, 0.5) is 4.39 Å². The Morgan fingerprint density at radius 1 is 1.12 bits per heavy atom. The Hall–Kier alpha value is -2.77. The average molecular weight is 360 g/mol. The van der Waals surface area contributed by atoms with Crippen LogP contribution < -0.4 is 16.6 Å². The molecule has 0 saturated heterocycles. The largest absolute Gasteiger partial charge is 0.351 e. The van der Waals surface area contributed by atoms with Crippen LogP contribution in [0.1, 0.15) is 49.0 Å². The fourth-order valence-corrected chi connectivity index (χ4v) is 3.14. The first-order valence-electron chi connectivity index (χ1n) is 8.74. The minimum absolute atomic E-state index is 0.00250. The molecule has 0 aliphatic heterocycles. The summed E-state index contributed by atoms with van der Waals surface area (Å²) in [6.45, 7) is 0. The molecule has 26 heavy (non-hydrogen) atoms. The number of rotatable bonds is 3. The first-order valence-corrected chi connectivity index (χ1v) is 8.74. The molecule has 0 unspecified atom stereocenters. The van der Waals surface area contributed by atoms with Crippen molar-refractivity contribution < 1.29 is 9.18 Å². The Bertz CT molecular complexity index is 910. The molecule has 0 bridgehead atoms. The normalized spacial score (nSPS) is 15.5. The summed E-state index contributed by atoms with van der Waals surface area (Å²) in [5.41, 5.74) is -1.52. The summed E-state index contributed by atoms with van der Waals surface area (Å²) in [5.74, 6) is -1.05. The van der Waals surface area contributed by atoms with Gasteiger partial charge in [0.1, 0.15) is 5.82 Å². The summed E-state index contributed by atoms with van der Waals surface area (Å²) >= 11 is 0. The molecule has 1 amide bonds. The van der Waals surface area contributed by atoms with E-state index < -0.39 is 23.0 Å². The first kappa shape index (κ1) is 18.0. The molecule has 8 heteroatoms. The van der Waals surface area contributed by atoms with Crippen LogP contribution in [0.2, 0.25) is 0 Å². The monoisotopic (exact) mass is 360 g/mol. The van der Waals surface area contributed by atoms with Gasteiger partial charge in [0.05, 0.1) is 5.69 Å². The number of hydrogen-bond donors (Lipinski definition) is 1. The van der Waals surface area contributed by atoms with E-state index in [0.717, 1.165) is 47.8 Å². The van der Waals surface area contributed by atoms with Gasteiger partial charge in [-0.25, -0.2) is 9.18 Å². The van der Waals surface area contributed by atoms with Gasteiger partial charge in [-0.15, -0.1) is 0 Å². The minimum Gasteiger partial charge on any atom is -0.348 e. The van der Waals surface area contributed by atoms with Gasteiger partial charge in [-0.05, 0) is 37.1 Å². The van der Waals surface area contributed by atoms with E-state index in [0.29, 0.717) is 0 Å². The molecule has 1 aromatic carbocycles. The summed E-state index contributed by atoms with van der Waals surface area (Å²) in [5, 5.41) is 6.82. The fraction of sp³-hybridized carbons (Fsp3) is 0.444. The first-order chi connectivity index (χ1) is 12.5. The summed E-state index contributed by atoms with van der Waals surface area (Å²) in [7, 11) is 1.29. The van der Waals surface area contributed by atoms with Gasteiger partial charge in [0.25, 0.3) is 11.5 Å². The molecule has 1 fully saturated rings. The second-order valence-electron chi connectivity index (χ2n) is 6.55. The highest BCUT2D eigenvalue weighted by Crippen LogP contribution is 2.17. The van der Waals surface area contributed by atoms with Crippen molar-refractivity contribution in [3.05, 3.63) is 56.6 Å². The molecule has 1 aliphatic rings. The highest BCUT2D eigenvalue weighted by atomic mass is 19.1. The lowest BCUT2D eigenvalue weighted by molar-refractivity contribution is 0.0923. The van der Waals surface area contributed by atoms with E-state index in [1.165, 1.54) is 31.3 Å². The number of carbonyl (C=O) groups is 1. The number of hydrogen-bond acceptors (Lipinski definition) is 4. The second-order valence-corrected chi connectivity index (χ2v) is 6.55. The molecule has 1 heterocycles. The molecule has 2 aromatic rings. The Kier molecular flexibility index (Phi) is 5.29. The topological polar surface area (TPSA) is 86.0 Å². The second kappa shape index (κ2) is 7.63. The summed E-state index contributed by atoms with van der Waals surface area (Å²) in [6, 6.07) is 5.09. The highest BCUT2D eigenvalue weighted by Gasteiger charge is 2.22. The molecule has 1 aromatic heterocycles. The standard InChI is InChI=1S/C18H21FN4O3/c1-22-17(25)15(16(24)20-13-6-4-2-3-5-7-13)21-23(18(22)26)14-10-8-12(19)9-11-14/h8-11,13H,2-7H2,1H3,(H,20,24). The predicted molar refractivity (Wildman–Crippen MR) is 94.0 cm³/mol. The highest BCUT2D eigenvalue weighted by molar-refractivity contribution is 5.92. The zero-order valence-corrected chi connectivity index (χ0v) is 14.6. The van der Waals surface area contributed by atoms with Crippen LogP contribution in [0.15, 0.2) is 33.9 Å². The molecular formula is C18H21FN4O3. The third-order valence-electron chi connectivity index (χ3n) is 4.65. The van der Waals surface area contributed by atoms with Crippen LogP contribution in [0, 0.1) is 5.82 Å². The predicted octanol–water partition coefficient (Wildman–Crippen LogP) is 1.52. The van der Waals surface area contributed by atoms with Gasteiger partial charge in [-0.1, -0.05) is 25.7 Å². The minimum atomic E-state index is -0.750. The van der Waals surface area contributed by atoms with Crippen molar-refractivity contribution in [2.45, 2.75) is 44.6 Å². The van der Waals surface area contributed by atoms with Gasteiger partial charge >= 0.3 is 5.69 Å². The van der Waals surface area contributed by atoms with Crippen molar-refractivity contribution in [1.29, 1.82) is 0 Å². The molecular weight excluding hydrogens is 339 g/mol. The van der Waals surface area contributed by atoms with Crippen molar-refractivity contribution in [3.8, 4) is 5.69 Å². The number of nitrogens with one attached hydrogen (secondary N) is 1. The van der Waals surface area contributed by atoms with Crippen molar-refractivity contribution in [2.24, 2.45) is 7.05 Å². The lowest BCUT2D eigenvalue weighted by atomic mass is 10.1. The molecule has 0 spiro atoms. The van der Waals surface area contributed by atoms with Crippen molar-refractivity contribution in [3.63, 3.8) is 0 Å². The van der Waals surface area contributed by atoms with Gasteiger partial charge < -0.3 is 5.32 Å². The van der Waals surface area contributed by atoms with Crippen molar-refractivity contribution in [2.75, 3.05) is 0 Å². The summed E-state index contributed by atoms with van der Waals surface area (Å²) in [4.78, 5) is 37.3. The van der Waals surface area contributed by atoms with E-state index in [1.54, 1.807) is 0 Å². The van der Waals surface area contributed by atoms with Gasteiger partial charge in [0.2, 0.25) is 5.69 Å². The molecule has 1 aliphatic carbocycles. The molecule has 138 valence electrons. The van der Waals surface area contributed by atoms with E-state index in [4.69, 9.17) is 0 Å². The lowest BCUT2D eigenvalue weighted by Crippen LogP contribution is -2.46. The number of carbonyl (C=O) groups excluding carboxylic acids is 1. The van der Waals surface area contributed by atoms with Crippen LogP contribution in [0.5, 0.6) is 0 Å². The number of benzene rings is 1. The van der Waals surface area contributed by atoms with Crippen LogP contribution >= 0.6 is 0 Å². The Labute approximate surface area is 149 Å². The molecule has 3 rings (SSSR count). The van der Waals surface area contributed by atoms with Crippen molar-refractivity contribution in [1.82, 2.24) is 19.7 Å². The van der Waals surface area contributed by atoms with E-state index >= 15 is 0 Å². The maximum atomic E-state index is 13.1. The Morgan fingerprint density at radius 2 is 1.73 bits per heavy atom. The van der Waals surface area contributed by atoms with E-state index in [9.17, 15) is 18.8 Å². The molecule has 1 saturated carbocycles. The van der Waals surface area contributed by atoms with Gasteiger partial charge in [-0.3, -0.25) is 14.2 Å². The number of halogens is 1. The molecule has 0 atom stereocenters. The van der Waals surface area contributed by atoms with Gasteiger partial charge in [0, 0.05) is 13.1 Å². The van der Waals surface area contributed by atoms with E-state index in [-0.39, 0.29) is 17.4 Å². The van der Waals surface area contributed by atoms with Gasteiger partial charge in [-0.2, -0.15) is 9.78 Å². The van der Waals surface area contributed by atoms with E-state index in [1.807, 2.05) is 0 Å². The summed E-state index contributed by atoms with van der Waals surface area (Å²) < 4.78 is 14.9. The van der Waals surface area contributed by atoms with Crippen LogP contribution in [0.25, 0.3) is 5.69 Å². The van der Waals surface area contributed by atoms with Crippen LogP contribution in [0.3, 0.4) is 0 Å². The lowest BCUT2D eigenvalue weighted by Gasteiger charge is -2.16. The zero-order valence-electron chi connectivity index (χ0n) is 14.6. The number of aromatic nitrogens is 3. The quantitative estimate of drug-likeness (QED) is 0.841. The SMILES string of the molecule is Cn1c(=O)c(C(=O)NC2CCCCCC2)nn(-c2ccc(F)cc2)c1=O. The Balaban J connectivity index is 1.96. The molecule has 1 N–H and O–H groups in total. The number of nitrogens with zero attached hydrogens (tertiary/aromatic N) is 3.